The van der Waals surface area contributed by atoms with Gasteiger partial charge < -0.3 is 10.1 Å². The lowest BCUT2D eigenvalue weighted by Crippen LogP contribution is -2.45. The van der Waals surface area contributed by atoms with Crippen LogP contribution >= 0.6 is 15.9 Å². The standard InChI is InChI=1S/C14H21BrN2O/c1-3-17-7-8-18-12(10-17)9-16-14-6-4-5-13(15)11(14)2/h4-6,12,16H,3,7-10H2,1-2H3. The first-order valence-corrected chi connectivity index (χ1v) is 7.33. The minimum absolute atomic E-state index is 0.289. The predicted octanol–water partition coefficient (Wildman–Crippen LogP) is 2.89. The molecule has 0 bridgehead atoms. The van der Waals surface area contributed by atoms with Crippen molar-refractivity contribution in [1.29, 1.82) is 0 Å². The lowest BCUT2D eigenvalue weighted by molar-refractivity contribution is -0.0191. The Morgan fingerprint density at radius 2 is 2.33 bits per heavy atom. The fourth-order valence-electron chi connectivity index (χ4n) is 2.21. The highest BCUT2D eigenvalue weighted by Crippen LogP contribution is 2.23. The molecule has 18 heavy (non-hydrogen) atoms. The van der Waals surface area contributed by atoms with Crippen LogP contribution in [0.25, 0.3) is 0 Å². The number of anilines is 1. The molecule has 1 fully saturated rings. The van der Waals surface area contributed by atoms with Gasteiger partial charge in [-0.05, 0) is 31.2 Å². The van der Waals surface area contributed by atoms with Gasteiger partial charge in [-0.3, -0.25) is 4.90 Å². The van der Waals surface area contributed by atoms with Gasteiger partial charge in [0.25, 0.3) is 0 Å². The van der Waals surface area contributed by atoms with E-state index in [4.69, 9.17) is 4.74 Å². The molecule has 3 nitrogen and oxygen atoms in total. The molecule has 0 aliphatic carbocycles. The van der Waals surface area contributed by atoms with E-state index in [1.54, 1.807) is 0 Å². The van der Waals surface area contributed by atoms with Gasteiger partial charge in [-0.2, -0.15) is 0 Å². The predicted molar refractivity (Wildman–Crippen MR) is 79.2 cm³/mol. The monoisotopic (exact) mass is 312 g/mol. The number of hydrogen-bond donors (Lipinski definition) is 1. The maximum Gasteiger partial charge on any atom is 0.0874 e. The Labute approximate surface area is 118 Å². The number of ether oxygens (including phenoxy) is 1. The van der Waals surface area contributed by atoms with Crippen molar-refractivity contribution < 1.29 is 4.74 Å². The van der Waals surface area contributed by atoms with Gasteiger partial charge in [-0.25, -0.2) is 0 Å². The molecule has 1 atom stereocenters. The van der Waals surface area contributed by atoms with Crippen LogP contribution < -0.4 is 5.32 Å². The highest BCUT2D eigenvalue weighted by molar-refractivity contribution is 9.10. The number of benzene rings is 1. The molecule has 0 amide bonds. The van der Waals surface area contributed by atoms with Crippen molar-refractivity contribution >= 4 is 21.6 Å². The summed E-state index contributed by atoms with van der Waals surface area (Å²) in [5.41, 5.74) is 2.43. The SMILES string of the molecule is CCN1CCOC(CNc2cccc(Br)c2C)C1. The van der Waals surface area contributed by atoms with Crippen LogP contribution in [-0.4, -0.2) is 43.8 Å². The molecule has 1 aliphatic heterocycles. The molecule has 0 spiro atoms. The third-order valence-corrected chi connectivity index (χ3v) is 4.32. The summed E-state index contributed by atoms with van der Waals surface area (Å²) < 4.78 is 6.93. The van der Waals surface area contributed by atoms with Crippen LogP contribution in [0.5, 0.6) is 0 Å². The summed E-state index contributed by atoms with van der Waals surface area (Å²) in [7, 11) is 0. The summed E-state index contributed by atoms with van der Waals surface area (Å²) in [6.07, 6.45) is 0.289. The zero-order valence-corrected chi connectivity index (χ0v) is 12.7. The summed E-state index contributed by atoms with van der Waals surface area (Å²) in [4.78, 5) is 2.43. The highest BCUT2D eigenvalue weighted by atomic mass is 79.9. The van der Waals surface area contributed by atoms with Crippen LogP contribution in [0.2, 0.25) is 0 Å². The van der Waals surface area contributed by atoms with E-state index in [1.165, 1.54) is 11.3 Å². The van der Waals surface area contributed by atoms with Crippen molar-refractivity contribution in [2.24, 2.45) is 0 Å². The van der Waals surface area contributed by atoms with Gasteiger partial charge >= 0.3 is 0 Å². The summed E-state index contributed by atoms with van der Waals surface area (Å²) in [5, 5.41) is 3.49. The fraction of sp³-hybridized carbons (Fsp3) is 0.571. The molecule has 0 saturated carbocycles. The van der Waals surface area contributed by atoms with E-state index < -0.39 is 0 Å². The first-order chi connectivity index (χ1) is 8.70. The van der Waals surface area contributed by atoms with Crippen LogP contribution in [0.4, 0.5) is 5.69 Å². The molecule has 0 radical (unpaired) electrons. The average Bonchev–Trinajstić information content (AvgIpc) is 2.41. The lowest BCUT2D eigenvalue weighted by atomic mass is 10.2. The fourth-order valence-corrected chi connectivity index (χ4v) is 2.58. The van der Waals surface area contributed by atoms with Gasteiger partial charge in [0.15, 0.2) is 0 Å². The number of rotatable bonds is 4. The van der Waals surface area contributed by atoms with Gasteiger partial charge in [0.2, 0.25) is 0 Å². The Morgan fingerprint density at radius 1 is 1.50 bits per heavy atom. The van der Waals surface area contributed by atoms with Gasteiger partial charge in [-0.1, -0.05) is 28.9 Å². The molecule has 2 rings (SSSR count). The van der Waals surface area contributed by atoms with Crippen molar-refractivity contribution in [1.82, 2.24) is 4.90 Å². The quantitative estimate of drug-likeness (QED) is 0.925. The largest absolute Gasteiger partial charge is 0.382 e. The van der Waals surface area contributed by atoms with Crippen LogP contribution in [0.3, 0.4) is 0 Å². The number of halogens is 1. The van der Waals surface area contributed by atoms with Crippen molar-refractivity contribution in [2.45, 2.75) is 20.0 Å². The zero-order valence-electron chi connectivity index (χ0n) is 11.1. The zero-order chi connectivity index (χ0) is 13.0. The smallest absolute Gasteiger partial charge is 0.0874 e. The van der Waals surface area contributed by atoms with Crippen molar-refractivity contribution in [3.8, 4) is 0 Å². The second kappa shape index (κ2) is 6.55. The lowest BCUT2D eigenvalue weighted by Gasteiger charge is -2.32. The van der Waals surface area contributed by atoms with E-state index in [0.717, 1.165) is 37.3 Å². The summed E-state index contributed by atoms with van der Waals surface area (Å²) in [6.45, 7) is 9.22. The number of morpholine rings is 1. The maximum absolute atomic E-state index is 5.79. The Morgan fingerprint density at radius 3 is 3.11 bits per heavy atom. The van der Waals surface area contributed by atoms with Crippen molar-refractivity contribution in [3.05, 3.63) is 28.2 Å². The van der Waals surface area contributed by atoms with Gasteiger partial charge in [0.05, 0.1) is 12.7 Å². The molecule has 1 aromatic rings. The molecule has 1 N–H and O–H groups in total. The van der Waals surface area contributed by atoms with E-state index in [2.05, 4.69) is 58.2 Å². The molecule has 4 heteroatoms. The van der Waals surface area contributed by atoms with E-state index in [0.29, 0.717) is 0 Å². The molecule has 1 saturated heterocycles. The Kier molecular flexibility index (Phi) is 5.03. The van der Waals surface area contributed by atoms with Crippen LogP contribution in [0.1, 0.15) is 12.5 Å². The molecular formula is C14H21BrN2O. The Balaban J connectivity index is 1.89. The third-order valence-electron chi connectivity index (χ3n) is 3.46. The minimum Gasteiger partial charge on any atom is -0.382 e. The number of nitrogens with one attached hydrogen (secondary N) is 1. The van der Waals surface area contributed by atoms with Crippen molar-refractivity contribution in [3.63, 3.8) is 0 Å². The number of nitrogens with zero attached hydrogens (tertiary/aromatic N) is 1. The molecule has 1 aliphatic rings. The number of likely N-dealkylation sites (N-methyl/N-ethyl adjacent to an activating group) is 1. The summed E-state index contributed by atoms with van der Waals surface area (Å²) >= 11 is 3.55. The van der Waals surface area contributed by atoms with Gasteiger partial charge in [-0.15, -0.1) is 0 Å². The molecule has 100 valence electrons. The Hall–Kier alpha value is -0.580. The average molecular weight is 313 g/mol. The first-order valence-electron chi connectivity index (χ1n) is 6.53. The van der Waals surface area contributed by atoms with E-state index in [-0.39, 0.29) is 6.10 Å². The van der Waals surface area contributed by atoms with Gasteiger partial charge in [0, 0.05) is 29.8 Å². The number of hydrogen-bond acceptors (Lipinski definition) is 3. The molecule has 1 aromatic carbocycles. The Bertz CT molecular complexity index is 397. The highest BCUT2D eigenvalue weighted by Gasteiger charge is 2.19. The van der Waals surface area contributed by atoms with Crippen LogP contribution in [0.15, 0.2) is 22.7 Å². The second-order valence-electron chi connectivity index (χ2n) is 4.68. The van der Waals surface area contributed by atoms with E-state index >= 15 is 0 Å². The first kappa shape index (κ1) is 13.8. The topological polar surface area (TPSA) is 24.5 Å². The van der Waals surface area contributed by atoms with Crippen LogP contribution in [-0.2, 0) is 4.74 Å². The molecule has 0 aromatic heterocycles. The normalized spacial score (nSPS) is 20.9. The second-order valence-corrected chi connectivity index (χ2v) is 5.53. The maximum atomic E-state index is 5.79. The summed E-state index contributed by atoms with van der Waals surface area (Å²) in [6, 6.07) is 6.23. The minimum atomic E-state index is 0.289. The summed E-state index contributed by atoms with van der Waals surface area (Å²) in [5.74, 6) is 0. The van der Waals surface area contributed by atoms with E-state index in [9.17, 15) is 0 Å². The van der Waals surface area contributed by atoms with Crippen molar-refractivity contribution in [2.75, 3.05) is 38.1 Å². The third kappa shape index (κ3) is 3.46. The van der Waals surface area contributed by atoms with Crippen LogP contribution in [0, 0.1) is 6.92 Å². The van der Waals surface area contributed by atoms with E-state index in [1.807, 2.05) is 0 Å². The molecule has 1 heterocycles. The molecule has 1 unspecified atom stereocenters. The van der Waals surface area contributed by atoms with Gasteiger partial charge in [0.1, 0.15) is 0 Å². The molecular weight excluding hydrogens is 292 g/mol.